The molecule has 74 valence electrons. The van der Waals surface area contributed by atoms with Crippen LogP contribution in [-0.4, -0.2) is 24.0 Å². The zero-order valence-electron chi connectivity index (χ0n) is 8.55. The summed E-state index contributed by atoms with van der Waals surface area (Å²) in [7, 11) is 0. The van der Waals surface area contributed by atoms with E-state index >= 15 is 0 Å². The molecule has 0 atom stereocenters. The van der Waals surface area contributed by atoms with Crippen LogP contribution in [0.3, 0.4) is 0 Å². The first kappa shape index (κ1) is 15.8. The van der Waals surface area contributed by atoms with E-state index in [0.29, 0.717) is 0 Å². The van der Waals surface area contributed by atoms with E-state index in [-0.39, 0.29) is 40.4 Å². The van der Waals surface area contributed by atoms with Gasteiger partial charge in [-0.3, -0.25) is 0 Å². The van der Waals surface area contributed by atoms with Crippen LogP contribution in [0.25, 0.3) is 0 Å². The van der Waals surface area contributed by atoms with Gasteiger partial charge in [-0.1, -0.05) is 0 Å². The molecule has 0 aromatic rings. The molecule has 0 aromatic heterocycles. The fourth-order valence-corrected chi connectivity index (χ4v) is 1.29. The Kier molecular flexibility index (Phi) is 13.6. The van der Waals surface area contributed by atoms with Gasteiger partial charge in [-0.25, -0.2) is 0 Å². The first-order valence-electron chi connectivity index (χ1n) is 4.57. The van der Waals surface area contributed by atoms with Crippen LogP contribution in [0.15, 0.2) is 0 Å². The van der Waals surface area contributed by atoms with Gasteiger partial charge in [0.05, 0.1) is 0 Å². The third kappa shape index (κ3) is 6.78. The van der Waals surface area contributed by atoms with Crippen LogP contribution in [0, 0.1) is 53.7 Å². The van der Waals surface area contributed by atoms with Gasteiger partial charge in [0.15, 0.2) is 0 Å². The molecule has 1 rings (SSSR count). The van der Waals surface area contributed by atoms with Gasteiger partial charge in [-0.15, -0.1) is 0 Å². The Morgan fingerprint density at radius 1 is 1.17 bits per heavy atom. The van der Waals surface area contributed by atoms with Crippen molar-refractivity contribution in [3.63, 3.8) is 0 Å². The van der Waals surface area contributed by atoms with E-state index in [9.17, 15) is 0 Å². The molecule has 1 nitrogen and oxygen atoms in total. The molecule has 0 unspecified atom stereocenters. The molecule has 1 heterocycles. The topological polar surface area (TPSA) is 3.24 Å². The number of piperidine rings is 1. The molecule has 1 saturated heterocycles. The second-order valence-corrected chi connectivity index (χ2v) is 3.00. The summed E-state index contributed by atoms with van der Waals surface area (Å²) >= 11 is 0. The Bertz CT molecular complexity index is 77.9. The Hall–Kier alpha value is 1.30. The SMILES string of the molecule is CC(C)N1CC[CH-]CC1.[CH2-]C.[Sm]. The van der Waals surface area contributed by atoms with Gasteiger partial charge < -0.3 is 18.2 Å². The van der Waals surface area contributed by atoms with Crippen LogP contribution in [0.5, 0.6) is 0 Å². The van der Waals surface area contributed by atoms with Crippen molar-refractivity contribution in [3.8, 4) is 0 Å². The van der Waals surface area contributed by atoms with E-state index in [1.54, 1.807) is 6.92 Å². The number of hydrogen-bond donors (Lipinski definition) is 0. The van der Waals surface area contributed by atoms with Gasteiger partial charge in [-0.05, 0) is 26.9 Å². The van der Waals surface area contributed by atoms with Crippen LogP contribution in [0.4, 0.5) is 0 Å². The van der Waals surface area contributed by atoms with E-state index in [2.05, 4.69) is 32.1 Å². The van der Waals surface area contributed by atoms with Crippen LogP contribution < -0.4 is 0 Å². The molecule has 0 spiro atoms. The molecular weight excluding hydrogens is 284 g/mol. The maximum atomic E-state index is 3.25. The summed E-state index contributed by atoms with van der Waals surface area (Å²) in [6.07, 6.45) is 4.97. The average molecular weight is 306 g/mol. The largest absolute Gasteiger partial charge is 0.346 e. The van der Waals surface area contributed by atoms with Gasteiger partial charge in [0.1, 0.15) is 0 Å². The monoisotopic (exact) mass is 307 g/mol. The van der Waals surface area contributed by atoms with Crippen LogP contribution in [-0.2, 0) is 0 Å². The van der Waals surface area contributed by atoms with Gasteiger partial charge in [0.2, 0.25) is 0 Å². The summed E-state index contributed by atoms with van der Waals surface area (Å²) in [5.41, 5.74) is 0. The Labute approximate surface area is 110 Å². The smallest absolute Gasteiger partial charge is 0.00364 e. The summed E-state index contributed by atoms with van der Waals surface area (Å²) in [5.74, 6) is 0. The quantitative estimate of drug-likeness (QED) is 0.673. The van der Waals surface area contributed by atoms with Crippen molar-refractivity contribution in [3.05, 3.63) is 13.3 Å². The van der Waals surface area contributed by atoms with Gasteiger partial charge in [0, 0.05) is 46.4 Å². The van der Waals surface area contributed by atoms with E-state index in [0.717, 1.165) is 6.04 Å². The summed E-state index contributed by atoms with van der Waals surface area (Å²) in [4.78, 5) is 2.53. The predicted octanol–water partition coefficient (Wildman–Crippen LogP) is 2.54. The maximum Gasteiger partial charge on any atom is 0.00364 e. The van der Waals surface area contributed by atoms with E-state index in [1.165, 1.54) is 25.9 Å². The molecule has 0 saturated carbocycles. The number of nitrogens with zero attached hydrogens (tertiary/aromatic N) is 1. The molecule has 0 aliphatic carbocycles. The summed E-state index contributed by atoms with van der Waals surface area (Å²) in [6, 6.07) is 0.749. The van der Waals surface area contributed by atoms with Gasteiger partial charge in [-0.2, -0.15) is 19.8 Å². The van der Waals surface area contributed by atoms with Crippen LogP contribution in [0.2, 0.25) is 0 Å². The zero-order valence-corrected chi connectivity index (χ0v) is 11.2. The first-order valence-corrected chi connectivity index (χ1v) is 4.57. The first-order chi connectivity index (χ1) is 5.30. The third-order valence-electron chi connectivity index (χ3n) is 1.97. The fourth-order valence-electron chi connectivity index (χ4n) is 1.29. The molecule has 1 aliphatic heterocycles. The Balaban J connectivity index is 0. The number of hydrogen-bond acceptors (Lipinski definition) is 1. The van der Waals surface area contributed by atoms with E-state index in [4.69, 9.17) is 0 Å². The van der Waals surface area contributed by atoms with E-state index < -0.39 is 0 Å². The second-order valence-electron chi connectivity index (χ2n) is 3.00. The van der Waals surface area contributed by atoms with Crippen molar-refractivity contribution in [1.29, 1.82) is 0 Å². The number of rotatable bonds is 1. The zero-order chi connectivity index (χ0) is 8.69. The maximum absolute atomic E-state index is 3.25. The van der Waals surface area contributed by atoms with Crippen molar-refractivity contribution in [1.82, 2.24) is 4.90 Å². The van der Waals surface area contributed by atoms with Gasteiger partial charge >= 0.3 is 0 Å². The molecule has 0 aromatic carbocycles. The second kappa shape index (κ2) is 10.4. The molecule has 1 aliphatic rings. The molecule has 2 heteroatoms. The predicted molar refractivity (Wildman–Crippen MR) is 51.3 cm³/mol. The van der Waals surface area contributed by atoms with Crippen molar-refractivity contribution in [2.45, 2.75) is 39.7 Å². The third-order valence-corrected chi connectivity index (χ3v) is 1.97. The molecule has 0 N–H and O–H groups in total. The number of likely N-dealkylation sites (tertiary alicyclic amines) is 1. The molecule has 12 heavy (non-hydrogen) atoms. The molecule has 0 bridgehead atoms. The van der Waals surface area contributed by atoms with Crippen molar-refractivity contribution >= 4 is 0 Å². The summed E-state index contributed by atoms with van der Waals surface area (Å²) in [5, 5.41) is 0. The van der Waals surface area contributed by atoms with Crippen LogP contribution >= 0.6 is 0 Å². The van der Waals surface area contributed by atoms with Crippen molar-refractivity contribution in [2.75, 3.05) is 13.1 Å². The van der Waals surface area contributed by atoms with Gasteiger partial charge in [0.25, 0.3) is 0 Å². The van der Waals surface area contributed by atoms with Crippen molar-refractivity contribution < 1.29 is 40.4 Å². The summed E-state index contributed by atoms with van der Waals surface area (Å²) in [6.45, 7) is 12.1. The Morgan fingerprint density at radius 2 is 1.58 bits per heavy atom. The standard InChI is InChI=1S/C8H16N.C2H5.Sm/c1-8(2)9-6-4-3-5-7-9;1-2;/h3,8H,4-7H2,1-2H3;1H2,2H3;/q2*-1;. The van der Waals surface area contributed by atoms with E-state index in [1.807, 2.05) is 0 Å². The summed E-state index contributed by atoms with van der Waals surface area (Å²) < 4.78 is 0. The normalized spacial score (nSPS) is 17.8. The minimum absolute atomic E-state index is 0. The average Bonchev–Trinajstić information content (AvgIpc) is 2.10. The minimum Gasteiger partial charge on any atom is -0.346 e. The fraction of sp³-hybridized carbons (Fsp3) is 0.800. The molecular formula is C10H21NSm-2. The minimum atomic E-state index is 0. The molecule has 1 fully saturated rings. The molecule has 0 radical (unpaired) electrons. The van der Waals surface area contributed by atoms with Crippen LogP contribution in [0.1, 0.15) is 33.6 Å². The van der Waals surface area contributed by atoms with Crippen molar-refractivity contribution in [2.24, 2.45) is 0 Å². The molecule has 0 amide bonds. The Morgan fingerprint density at radius 3 is 1.83 bits per heavy atom.